The van der Waals surface area contributed by atoms with E-state index in [0.29, 0.717) is 0 Å². The van der Waals surface area contributed by atoms with Crippen LogP contribution in [0.15, 0.2) is 199 Å². The Balaban J connectivity index is 1.04. The van der Waals surface area contributed by atoms with Crippen molar-refractivity contribution in [2.75, 3.05) is 0 Å². The molecule has 0 bridgehead atoms. The standard InChI is InChI=1S/C52H32N2O/c1-2-10-33(11-3-1)34-18-22-39(23-19-34)53-49-26-21-38(30-44(49)45-28-35-12-4-5-13-36(35)31-50(45)53)37-20-25-48-43(29-37)41-14-6-8-16-47(41)54(48)40-24-27-52-46(32-40)42-15-7-9-17-51(42)55-52/h1-32H. The smallest absolute Gasteiger partial charge is 0.135 e. The first-order valence-corrected chi connectivity index (χ1v) is 18.8. The molecular weight excluding hydrogens is 669 g/mol. The number of nitrogens with zero attached hydrogens (tertiary/aromatic N) is 2. The molecule has 0 spiro atoms. The van der Waals surface area contributed by atoms with Crippen LogP contribution >= 0.6 is 0 Å². The molecule has 3 heterocycles. The van der Waals surface area contributed by atoms with Crippen molar-refractivity contribution in [1.82, 2.24) is 9.13 Å². The summed E-state index contributed by atoms with van der Waals surface area (Å²) in [6, 6.07) is 70.4. The second kappa shape index (κ2) is 11.6. The zero-order valence-corrected chi connectivity index (χ0v) is 29.8. The molecular formula is C52H32N2O. The predicted molar refractivity (Wildman–Crippen MR) is 231 cm³/mol. The number of hydrogen-bond acceptors (Lipinski definition) is 1. The van der Waals surface area contributed by atoms with Gasteiger partial charge in [0, 0.05) is 43.7 Å². The number of hydrogen-bond donors (Lipinski definition) is 0. The van der Waals surface area contributed by atoms with Gasteiger partial charge in [-0.25, -0.2) is 0 Å². The van der Waals surface area contributed by atoms with Crippen molar-refractivity contribution in [2.45, 2.75) is 0 Å². The Kier molecular flexibility index (Phi) is 6.34. The highest BCUT2D eigenvalue weighted by molar-refractivity contribution is 6.15. The first-order chi connectivity index (χ1) is 27.2. The number of aromatic nitrogens is 2. The minimum Gasteiger partial charge on any atom is -0.456 e. The number of fused-ring (bicyclic) bond motifs is 10. The van der Waals surface area contributed by atoms with E-state index in [1.807, 2.05) is 12.1 Å². The van der Waals surface area contributed by atoms with Crippen molar-refractivity contribution in [2.24, 2.45) is 0 Å². The quantitative estimate of drug-likeness (QED) is 0.179. The van der Waals surface area contributed by atoms with Crippen LogP contribution < -0.4 is 0 Å². The van der Waals surface area contributed by atoms with Gasteiger partial charge in [0.2, 0.25) is 0 Å². The monoisotopic (exact) mass is 700 g/mol. The molecule has 0 atom stereocenters. The van der Waals surface area contributed by atoms with Gasteiger partial charge in [0.1, 0.15) is 11.2 Å². The predicted octanol–water partition coefficient (Wildman–Crippen LogP) is 14.3. The summed E-state index contributed by atoms with van der Waals surface area (Å²) in [7, 11) is 0. The van der Waals surface area contributed by atoms with Gasteiger partial charge in [-0.3, -0.25) is 0 Å². The number of rotatable bonds is 4. The highest BCUT2D eigenvalue weighted by atomic mass is 16.3. The van der Waals surface area contributed by atoms with Crippen molar-refractivity contribution in [3.63, 3.8) is 0 Å². The topological polar surface area (TPSA) is 23.0 Å². The van der Waals surface area contributed by atoms with Crippen LogP contribution in [-0.4, -0.2) is 9.13 Å². The molecule has 3 nitrogen and oxygen atoms in total. The first-order valence-electron chi connectivity index (χ1n) is 18.8. The minimum absolute atomic E-state index is 0.905. The Morgan fingerprint density at radius 3 is 1.58 bits per heavy atom. The molecule has 0 N–H and O–H groups in total. The summed E-state index contributed by atoms with van der Waals surface area (Å²) in [5, 5.41) is 9.71. The average Bonchev–Trinajstić information content (AvgIpc) is 3.90. The van der Waals surface area contributed by atoms with Crippen LogP contribution in [0, 0.1) is 0 Å². The Hall–Kier alpha value is -7.36. The number of para-hydroxylation sites is 2. The first kappa shape index (κ1) is 30.1. The Bertz CT molecular complexity index is 3470. The van der Waals surface area contributed by atoms with Crippen LogP contribution in [-0.2, 0) is 0 Å². The van der Waals surface area contributed by atoms with Gasteiger partial charge >= 0.3 is 0 Å². The van der Waals surface area contributed by atoms with E-state index in [9.17, 15) is 0 Å². The lowest BCUT2D eigenvalue weighted by Gasteiger charge is -2.11. The fourth-order valence-corrected chi connectivity index (χ4v) is 8.88. The SMILES string of the molecule is c1ccc(-c2ccc(-n3c4ccc(-c5ccc6c(c5)c5ccccc5n6-c5ccc6oc7ccccc7c6c5)cc4c4cc5ccccc5cc43)cc2)cc1. The van der Waals surface area contributed by atoms with Gasteiger partial charge in [-0.1, -0.05) is 115 Å². The molecule has 12 rings (SSSR count). The highest BCUT2D eigenvalue weighted by Gasteiger charge is 2.18. The minimum atomic E-state index is 0.905. The maximum absolute atomic E-state index is 6.18. The third-order valence-corrected chi connectivity index (χ3v) is 11.5. The molecule has 9 aromatic carbocycles. The summed E-state index contributed by atoms with van der Waals surface area (Å²) in [5.74, 6) is 0. The third kappa shape index (κ3) is 4.57. The van der Waals surface area contributed by atoms with Crippen molar-refractivity contribution >= 4 is 76.3 Å². The van der Waals surface area contributed by atoms with Crippen molar-refractivity contribution in [3.05, 3.63) is 194 Å². The molecule has 55 heavy (non-hydrogen) atoms. The molecule has 0 unspecified atom stereocenters. The molecule has 0 aliphatic rings. The molecule has 0 fully saturated rings. The van der Waals surface area contributed by atoms with Crippen molar-refractivity contribution < 1.29 is 4.42 Å². The molecule has 0 saturated heterocycles. The summed E-state index contributed by atoms with van der Waals surface area (Å²) in [6.07, 6.45) is 0. The van der Waals surface area contributed by atoms with E-state index in [-0.39, 0.29) is 0 Å². The van der Waals surface area contributed by atoms with E-state index in [2.05, 4.69) is 191 Å². The summed E-state index contributed by atoms with van der Waals surface area (Å²) < 4.78 is 11.0. The molecule has 0 aliphatic carbocycles. The molecule has 0 radical (unpaired) electrons. The highest BCUT2D eigenvalue weighted by Crippen LogP contribution is 2.40. The Morgan fingerprint density at radius 1 is 0.273 bits per heavy atom. The van der Waals surface area contributed by atoms with Gasteiger partial charge in [0.05, 0.1) is 22.1 Å². The van der Waals surface area contributed by atoms with E-state index in [4.69, 9.17) is 4.42 Å². The van der Waals surface area contributed by atoms with Gasteiger partial charge in [0.25, 0.3) is 0 Å². The fourth-order valence-electron chi connectivity index (χ4n) is 8.88. The maximum Gasteiger partial charge on any atom is 0.135 e. The largest absolute Gasteiger partial charge is 0.456 e. The van der Waals surface area contributed by atoms with E-state index in [0.717, 1.165) is 33.3 Å². The summed E-state index contributed by atoms with van der Waals surface area (Å²) >= 11 is 0. The zero-order valence-electron chi connectivity index (χ0n) is 29.8. The lowest BCUT2D eigenvalue weighted by molar-refractivity contribution is 0.669. The lowest BCUT2D eigenvalue weighted by atomic mass is 10.00. The molecule has 256 valence electrons. The lowest BCUT2D eigenvalue weighted by Crippen LogP contribution is -1.94. The van der Waals surface area contributed by atoms with Crippen LogP contribution in [0.1, 0.15) is 0 Å². The van der Waals surface area contributed by atoms with Gasteiger partial charge < -0.3 is 13.6 Å². The van der Waals surface area contributed by atoms with E-state index in [1.165, 1.54) is 76.6 Å². The van der Waals surface area contributed by atoms with Gasteiger partial charge in [-0.2, -0.15) is 0 Å². The summed E-state index contributed by atoms with van der Waals surface area (Å²) in [4.78, 5) is 0. The van der Waals surface area contributed by atoms with Gasteiger partial charge in [-0.15, -0.1) is 0 Å². The molecule has 3 aromatic heterocycles. The fraction of sp³-hybridized carbons (Fsp3) is 0. The summed E-state index contributed by atoms with van der Waals surface area (Å²) in [5.41, 5.74) is 13.7. The molecule has 3 heteroatoms. The Morgan fingerprint density at radius 2 is 0.800 bits per heavy atom. The molecule has 0 aliphatic heterocycles. The van der Waals surface area contributed by atoms with Crippen molar-refractivity contribution in [3.8, 4) is 33.6 Å². The van der Waals surface area contributed by atoms with Crippen LogP contribution in [0.3, 0.4) is 0 Å². The van der Waals surface area contributed by atoms with Crippen LogP contribution in [0.25, 0.3) is 110 Å². The number of benzene rings is 9. The van der Waals surface area contributed by atoms with Crippen LogP contribution in [0.4, 0.5) is 0 Å². The van der Waals surface area contributed by atoms with E-state index in [1.54, 1.807) is 0 Å². The van der Waals surface area contributed by atoms with Gasteiger partial charge in [-0.05, 0) is 112 Å². The zero-order chi connectivity index (χ0) is 36.0. The van der Waals surface area contributed by atoms with Crippen LogP contribution in [0.2, 0.25) is 0 Å². The van der Waals surface area contributed by atoms with Gasteiger partial charge in [0.15, 0.2) is 0 Å². The number of furan rings is 1. The third-order valence-electron chi connectivity index (χ3n) is 11.5. The second-order valence-corrected chi connectivity index (χ2v) is 14.6. The average molecular weight is 701 g/mol. The maximum atomic E-state index is 6.18. The van der Waals surface area contributed by atoms with E-state index < -0.39 is 0 Å². The Labute approximate surface area is 316 Å². The molecule has 12 aromatic rings. The summed E-state index contributed by atoms with van der Waals surface area (Å²) in [6.45, 7) is 0. The molecule has 0 amide bonds. The molecule has 0 saturated carbocycles. The second-order valence-electron chi connectivity index (χ2n) is 14.6. The van der Waals surface area contributed by atoms with Crippen molar-refractivity contribution in [1.29, 1.82) is 0 Å². The van der Waals surface area contributed by atoms with Crippen LogP contribution in [0.5, 0.6) is 0 Å². The van der Waals surface area contributed by atoms with E-state index >= 15 is 0 Å². The normalized spacial score (nSPS) is 12.0.